The Bertz CT molecular complexity index is 665. The molecular formula is C19H30N4O4S. The van der Waals surface area contributed by atoms with Gasteiger partial charge in [0.05, 0.1) is 5.38 Å². The highest BCUT2D eigenvalue weighted by Gasteiger charge is 2.32. The van der Waals surface area contributed by atoms with E-state index in [9.17, 15) is 9.59 Å². The van der Waals surface area contributed by atoms with Gasteiger partial charge in [-0.15, -0.1) is 0 Å². The quantitative estimate of drug-likeness (QED) is 0.802. The van der Waals surface area contributed by atoms with Crippen LogP contribution in [-0.2, 0) is 4.79 Å². The van der Waals surface area contributed by atoms with Gasteiger partial charge in [-0.25, -0.2) is 4.79 Å². The van der Waals surface area contributed by atoms with Crippen molar-refractivity contribution in [2.75, 3.05) is 33.2 Å². The molecule has 3 rings (SSSR count). The van der Waals surface area contributed by atoms with Crippen LogP contribution in [0.15, 0.2) is 5.38 Å². The Morgan fingerprint density at radius 1 is 1.18 bits per heavy atom. The van der Waals surface area contributed by atoms with Gasteiger partial charge >= 0.3 is 6.09 Å². The summed E-state index contributed by atoms with van der Waals surface area (Å²) in [5.74, 6) is 0.648. The van der Waals surface area contributed by atoms with Crippen molar-refractivity contribution in [1.82, 2.24) is 20.1 Å². The lowest BCUT2D eigenvalue weighted by atomic mass is 9.86. The molecule has 28 heavy (non-hydrogen) atoms. The fraction of sp³-hybridized carbons (Fsp3) is 0.737. The third-order valence-electron chi connectivity index (χ3n) is 5.51. The molecule has 9 heteroatoms. The number of thiazole rings is 1. The summed E-state index contributed by atoms with van der Waals surface area (Å²) in [7, 11) is 1.50. The molecule has 0 radical (unpaired) electrons. The van der Waals surface area contributed by atoms with Crippen molar-refractivity contribution in [3.8, 4) is 11.1 Å². The van der Waals surface area contributed by atoms with E-state index in [0.717, 1.165) is 51.9 Å². The number of hydrogen-bond acceptors (Lipinski definition) is 7. The molecule has 1 aromatic heterocycles. The molecule has 156 valence electrons. The Hall–Kier alpha value is -1.87. The monoisotopic (exact) mass is 410 g/mol. The molecular weight excluding hydrogens is 380 g/mol. The molecule has 2 amide bonds. The summed E-state index contributed by atoms with van der Waals surface area (Å²) in [5, 5.41) is 4.53. The third kappa shape index (κ3) is 5.35. The first-order valence-corrected chi connectivity index (χ1v) is 10.9. The summed E-state index contributed by atoms with van der Waals surface area (Å²) < 4.78 is 10.9. The maximum Gasteiger partial charge on any atom is 0.413 e. The van der Waals surface area contributed by atoms with Crippen LogP contribution in [0.2, 0.25) is 0 Å². The lowest BCUT2D eigenvalue weighted by Crippen LogP contribution is -2.52. The Morgan fingerprint density at radius 2 is 1.86 bits per heavy atom. The van der Waals surface area contributed by atoms with Gasteiger partial charge in [0, 0.05) is 45.2 Å². The Kier molecular flexibility index (Phi) is 7.12. The van der Waals surface area contributed by atoms with Gasteiger partial charge in [-0.1, -0.05) is 11.3 Å². The average Bonchev–Trinajstić information content (AvgIpc) is 3.14. The van der Waals surface area contributed by atoms with E-state index in [2.05, 4.69) is 29.0 Å². The van der Waals surface area contributed by atoms with Crippen LogP contribution in [0, 0.1) is 5.92 Å². The van der Waals surface area contributed by atoms with E-state index in [-0.39, 0.29) is 17.9 Å². The van der Waals surface area contributed by atoms with Crippen LogP contribution >= 0.6 is 11.3 Å². The molecule has 1 aliphatic carbocycles. The minimum Gasteiger partial charge on any atom is -0.467 e. The summed E-state index contributed by atoms with van der Waals surface area (Å²) in [6.07, 6.45) is 2.88. The number of nitrogens with zero attached hydrogens (tertiary/aromatic N) is 3. The Labute approximate surface area is 170 Å². The van der Waals surface area contributed by atoms with Crippen molar-refractivity contribution >= 4 is 23.3 Å². The minimum absolute atomic E-state index is 0.0563. The topological polar surface area (TPSA) is 84.0 Å². The van der Waals surface area contributed by atoms with Crippen molar-refractivity contribution in [1.29, 1.82) is 0 Å². The number of rotatable bonds is 5. The number of amides is 2. The van der Waals surface area contributed by atoms with E-state index in [1.165, 1.54) is 18.4 Å². The normalized spacial score (nSPS) is 23.5. The second-order valence-corrected chi connectivity index (χ2v) is 8.46. The van der Waals surface area contributed by atoms with E-state index in [4.69, 9.17) is 9.47 Å². The van der Waals surface area contributed by atoms with Gasteiger partial charge in [0.1, 0.15) is 6.10 Å². The largest absolute Gasteiger partial charge is 0.467 e. The van der Waals surface area contributed by atoms with Gasteiger partial charge in [0.25, 0.3) is 5.19 Å². The molecule has 2 aliphatic rings. The molecule has 1 aromatic rings. The predicted octanol–water partition coefficient (Wildman–Crippen LogP) is 2.35. The summed E-state index contributed by atoms with van der Waals surface area (Å²) >= 11 is 1.31. The zero-order valence-electron chi connectivity index (χ0n) is 16.8. The van der Waals surface area contributed by atoms with Crippen LogP contribution in [0.25, 0.3) is 0 Å². The lowest BCUT2D eigenvalue weighted by Gasteiger charge is -2.39. The van der Waals surface area contributed by atoms with Crippen LogP contribution in [0.4, 0.5) is 4.79 Å². The van der Waals surface area contributed by atoms with E-state index >= 15 is 0 Å². The van der Waals surface area contributed by atoms with Gasteiger partial charge in [-0.2, -0.15) is 4.98 Å². The number of piperazine rings is 1. The molecule has 2 fully saturated rings. The summed E-state index contributed by atoms with van der Waals surface area (Å²) in [6, 6.07) is 0.540. The average molecular weight is 411 g/mol. The first-order valence-electron chi connectivity index (χ1n) is 10.0. The second kappa shape index (κ2) is 9.56. The maximum absolute atomic E-state index is 12.8. The molecule has 0 spiro atoms. The zero-order chi connectivity index (χ0) is 20.1. The van der Waals surface area contributed by atoms with Crippen LogP contribution < -0.4 is 14.8 Å². The van der Waals surface area contributed by atoms with Gasteiger partial charge in [-0.05, 0) is 39.5 Å². The molecule has 1 N–H and O–H groups in total. The predicted molar refractivity (Wildman–Crippen MR) is 107 cm³/mol. The first-order chi connectivity index (χ1) is 13.5. The van der Waals surface area contributed by atoms with Crippen molar-refractivity contribution < 1.29 is 19.1 Å². The SMILES string of the molecule is CNC(=O)Oc1csc(OC2CCC(C(=O)N3CCN(C(C)C)CC3)CC2)n1. The van der Waals surface area contributed by atoms with Crippen molar-refractivity contribution in [2.24, 2.45) is 5.92 Å². The van der Waals surface area contributed by atoms with E-state index < -0.39 is 6.09 Å². The van der Waals surface area contributed by atoms with Crippen molar-refractivity contribution in [3.05, 3.63) is 5.38 Å². The molecule has 1 saturated carbocycles. The highest BCUT2D eigenvalue weighted by Crippen LogP contribution is 2.31. The lowest BCUT2D eigenvalue weighted by molar-refractivity contribution is -0.139. The molecule has 0 atom stereocenters. The van der Waals surface area contributed by atoms with E-state index in [1.807, 2.05) is 4.90 Å². The smallest absolute Gasteiger partial charge is 0.413 e. The Morgan fingerprint density at radius 3 is 2.46 bits per heavy atom. The zero-order valence-corrected chi connectivity index (χ0v) is 17.7. The van der Waals surface area contributed by atoms with Gasteiger partial charge in [0.15, 0.2) is 0 Å². The molecule has 0 aromatic carbocycles. The standard InChI is InChI=1S/C19H30N4O4S/c1-13(2)22-8-10-23(11-9-22)17(24)14-4-6-15(7-5-14)26-19-21-16(12-28-19)27-18(25)20-3/h12-15H,4-11H2,1-3H3,(H,20,25). The third-order valence-corrected chi connectivity index (χ3v) is 6.22. The first kappa shape index (κ1) is 20.9. The number of hydrogen-bond donors (Lipinski definition) is 1. The van der Waals surface area contributed by atoms with Crippen LogP contribution in [-0.4, -0.2) is 72.2 Å². The van der Waals surface area contributed by atoms with Crippen molar-refractivity contribution in [2.45, 2.75) is 51.7 Å². The molecule has 0 bridgehead atoms. The molecule has 0 unspecified atom stereocenters. The highest BCUT2D eigenvalue weighted by atomic mass is 32.1. The fourth-order valence-electron chi connectivity index (χ4n) is 3.78. The number of nitrogens with one attached hydrogen (secondary N) is 1. The maximum atomic E-state index is 12.8. The molecule has 1 saturated heterocycles. The second-order valence-electron chi connectivity index (χ2n) is 7.64. The van der Waals surface area contributed by atoms with Gasteiger partial charge < -0.3 is 19.7 Å². The Balaban J connectivity index is 1.42. The van der Waals surface area contributed by atoms with Crippen LogP contribution in [0.3, 0.4) is 0 Å². The number of carbonyl (C=O) groups is 2. The summed E-state index contributed by atoms with van der Waals surface area (Å²) in [4.78, 5) is 32.7. The number of carbonyl (C=O) groups excluding carboxylic acids is 2. The van der Waals surface area contributed by atoms with Crippen molar-refractivity contribution in [3.63, 3.8) is 0 Å². The van der Waals surface area contributed by atoms with Gasteiger partial charge in [-0.3, -0.25) is 9.69 Å². The van der Waals surface area contributed by atoms with E-state index in [0.29, 0.717) is 17.1 Å². The molecule has 8 nitrogen and oxygen atoms in total. The highest BCUT2D eigenvalue weighted by molar-refractivity contribution is 7.11. The molecule has 2 heterocycles. The van der Waals surface area contributed by atoms with Crippen LogP contribution in [0.1, 0.15) is 39.5 Å². The van der Waals surface area contributed by atoms with Gasteiger partial charge in [0.2, 0.25) is 11.8 Å². The molecule has 1 aliphatic heterocycles. The number of aromatic nitrogens is 1. The minimum atomic E-state index is -0.551. The summed E-state index contributed by atoms with van der Waals surface area (Å²) in [5.41, 5.74) is 0. The number of ether oxygens (including phenoxy) is 2. The van der Waals surface area contributed by atoms with Crippen LogP contribution in [0.5, 0.6) is 11.1 Å². The fourth-order valence-corrected chi connectivity index (χ4v) is 4.41. The summed E-state index contributed by atoms with van der Waals surface area (Å²) in [6.45, 7) is 8.00. The van der Waals surface area contributed by atoms with E-state index in [1.54, 1.807) is 5.38 Å².